The van der Waals surface area contributed by atoms with Gasteiger partial charge in [-0.15, -0.1) is 0 Å². The topological polar surface area (TPSA) is 27.7 Å². The van der Waals surface area contributed by atoms with Gasteiger partial charge in [0.1, 0.15) is 18.2 Å². The normalized spacial score (nSPS) is 19.8. The van der Waals surface area contributed by atoms with Gasteiger partial charge < -0.3 is 14.2 Å². The number of halogens is 29. The highest BCUT2D eigenvalue weighted by molar-refractivity contribution is 6.31. The minimum atomic E-state index is -7.68. The standard InChI is InChI=1S/C20H9ClF28O3/c21-4-5(50-1-9(28,29)17(42,43)13(36,37)6(22)23)12(34,35)20(48,49)16(4,51-2-10(30,31)18(44,45)14(38,39)7(24)25)52-3-11(32,33)19(46,47)15(40,41)8(26)27/h6-8H,1-3H2. The Bertz CT molecular complexity index is 1260. The molecule has 0 fully saturated rings. The van der Waals surface area contributed by atoms with Crippen LogP contribution in [-0.2, 0) is 14.2 Å². The average molecular weight is 865 g/mol. The molecule has 0 spiro atoms. The Morgan fingerprint density at radius 2 is 0.712 bits per heavy atom. The predicted octanol–water partition coefficient (Wildman–Crippen LogP) is 9.98. The van der Waals surface area contributed by atoms with Crippen LogP contribution in [0, 0.1) is 0 Å². The van der Waals surface area contributed by atoms with E-state index in [0.29, 0.717) is 0 Å². The molecule has 0 aromatic carbocycles. The molecule has 0 aromatic rings. The van der Waals surface area contributed by atoms with Gasteiger partial charge in [0, 0.05) is 0 Å². The van der Waals surface area contributed by atoms with E-state index < -0.39 is 121 Å². The zero-order chi connectivity index (χ0) is 42.1. The number of hydrogen-bond acceptors (Lipinski definition) is 3. The van der Waals surface area contributed by atoms with Crippen LogP contribution in [0.3, 0.4) is 0 Å². The lowest BCUT2D eigenvalue weighted by Crippen LogP contribution is -2.64. The lowest BCUT2D eigenvalue weighted by Gasteiger charge is -2.40. The molecule has 0 saturated carbocycles. The molecule has 0 N–H and O–H groups in total. The van der Waals surface area contributed by atoms with Crippen molar-refractivity contribution in [2.45, 2.75) is 90.2 Å². The van der Waals surface area contributed by atoms with E-state index in [4.69, 9.17) is 11.6 Å². The van der Waals surface area contributed by atoms with Gasteiger partial charge in [0.05, 0.1) is 0 Å². The summed E-state index contributed by atoms with van der Waals surface area (Å²) in [5.41, 5.74) is 0. The van der Waals surface area contributed by atoms with E-state index in [1.54, 1.807) is 0 Å². The average Bonchev–Trinajstić information content (AvgIpc) is 3.06. The van der Waals surface area contributed by atoms with Crippen LogP contribution in [0.5, 0.6) is 0 Å². The van der Waals surface area contributed by atoms with Gasteiger partial charge >= 0.3 is 84.4 Å². The molecule has 1 aliphatic carbocycles. The highest BCUT2D eigenvalue weighted by Gasteiger charge is 2.85. The van der Waals surface area contributed by atoms with Crippen molar-refractivity contribution in [3.63, 3.8) is 0 Å². The number of allylic oxidation sites excluding steroid dienone is 1. The first-order valence-electron chi connectivity index (χ1n) is 11.8. The van der Waals surface area contributed by atoms with Gasteiger partial charge in [0.15, 0.2) is 12.4 Å². The van der Waals surface area contributed by atoms with E-state index in [1.807, 2.05) is 0 Å². The van der Waals surface area contributed by atoms with Gasteiger partial charge in [-0.05, 0) is 0 Å². The summed E-state index contributed by atoms with van der Waals surface area (Å²) in [5.74, 6) is -91.3. The summed E-state index contributed by atoms with van der Waals surface area (Å²) in [4.78, 5) is 0. The van der Waals surface area contributed by atoms with Crippen LogP contribution >= 0.6 is 11.6 Å². The fraction of sp³-hybridized carbons (Fsp3) is 0.900. The summed E-state index contributed by atoms with van der Waals surface area (Å²) in [6, 6.07) is 0. The maximum atomic E-state index is 15.0. The van der Waals surface area contributed by atoms with E-state index in [0.717, 1.165) is 0 Å². The van der Waals surface area contributed by atoms with E-state index in [9.17, 15) is 123 Å². The van der Waals surface area contributed by atoms with Gasteiger partial charge in [-0.2, -0.15) is 96.6 Å². The van der Waals surface area contributed by atoms with Crippen molar-refractivity contribution in [2.75, 3.05) is 19.8 Å². The van der Waals surface area contributed by atoms with Gasteiger partial charge in [0.2, 0.25) is 0 Å². The maximum absolute atomic E-state index is 15.0. The second kappa shape index (κ2) is 13.5. The van der Waals surface area contributed by atoms with Gasteiger partial charge in [-0.3, -0.25) is 0 Å². The van der Waals surface area contributed by atoms with Crippen LogP contribution in [0.1, 0.15) is 0 Å². The lowest BCUT2D eigenvalue weighted by atomic mass is 10.0. The van der Waals surface area contributed by atoms with Gasteiger partial charge in [-0.25, -0.2) is 26.3 Å². The second-order valence-electron chi connectivity index (χ2n) is 9.88. The molecular weight excluding hydrogens is 856 g/mol. The molecule has 32 heteroatoms. The number of rotatable bonds is 18. The quantitative estimate of drug-likeness (QED) is 0.102. The zero-order valence-corrected chi connectivity index (χ0v) is 23.8. The van der Waals surface area contributed by atoms with Crippen LogP contribution in [0.25, 0.3) is 0 Å². The highest BCUT2D eigenvalue weighted by atomic mass is 35.5. The molecule has 3 nitrogen and oxygen atoms in total. The molecule has 1 rings (SSSR count). The molecule has 0 aromatic heterocycles. The molecule has 0 amide bonds. The Morgan fingerprint density at radius 3 is 0.962 bits per heavy atom. The minimum absolute atomic E-state index is 2.94. The fourth-order valence-electron chi connectivity index (χ4n) is 3.24. The molecular formula is C20H9ClF28O3. The van der Waals surface area contributed by atoms with Crippen molar-refractivity contribution in [3.05, 3.63) is 10.8 Å². The summed E-state index contributed by atoms with van der Waals surface area (Å²) in [6.07, 6.45) is -17.5. The van der Waals surface area contributed by atoms with Crippen LogP contribution in [0.4, 0.5) is 123 Å². The SMILES string of the molecule is FC(F)C(F)(F)C(F)(F)C(F)(F)COC1=C(Cl)C(OCC(F)(F)C(F)(F)C(F)(F)C(F)F)(OCC(F)(F)C(F)(F)C(F)(F)C(F)F)C(F)(F)C1(F)F. The molecule has 0 radical (unpaired) electrons. The number of hydrogen-bond donors (Lipinski definition) is 0. The zero-order valence-electron chi connectivity index (χ0n) is 23.0. The van der Waals surface area contributed by atoms with Gasteiger partial charge in [0.25, 0.3) is 5.79 Å². The molecule has 1 aliphatic rings. The van der Waals surface area contributed by atoms with Crippen molar-refractivity contribution in [1.82, 2.24) is 0 Å². The monoisotopic (exact) mass is 864 g/mol. The van der Waals surface area contributed by atoms with Crippen molar-refractivity contribution >= 4 is 11.6 Å². The second-order valence-corrected chi connectivity index (χ2v) is 10.3. The molecule has 0 aliphatic heterocycles. The predicted molar refractivity (Wildman–Crippen MR) is 106 cm³/mol. The van der Waals surface area contributed by atoms with Gasteiger partial charge in [-0.1, -0.05) is 11.6 Å². The third-order valence-corrected chi connectivity index (χ3v) is 6.77. The molecule has 0 unspecified atom stereocenters. The molecule has 0 saturated heterocycles. The van der Waals surface area contributed by atoms with E-state index in [1.165, 1.54) is 0 Å². The minimum Gasteiger partial charge on any atom is -0.483 e. The molecule has 0 bridgehead atoms. The van der Waals surface area contributed by atoms with Crippen LogP contribution in [0.2, 0.25) is 0 Å². The Kier molecular flexibility index (Phi) is 12.4. The van der Waals surface area contributed by atoms with Crippen LogP contribution in [0.15, 0.2) is 10.8 Å². The van der Waals surface area contributed by atoms with Crippen molar-refractivity contribution in [2.24, 2.45) is 0 Å². The van der Waals surface area contributed by atoms with E-state index in [-0.39, 0.29) is 0 Å². The molecule has 52 heavy (non-hydrogen) atoms. The largest absolute Gasteiger partial charge is 0.483 e. The van der Waals surface area contributed by atoms with E-state index in [2.05, 4.69) is 14.2 Å². The molecule has 0 heterocycles. The summed E-state index contributed by atoms with van der Waals surface area (Å²) in [5, 5.41) is -3.68. The van der Waals surface area contributed by atoms with Crippen molar-refractivity contribution < 1.29 is 137 Å². The highest BCUT2D eigenvalue weighted by Crippen LogP contribution is 2.62. The maximum Gasteiger partial charge on any atom is 0.381 e. The van der Waals surface area contributed by atoms with Crippen LogP contribution < -0.4 is 0 Å². The third-order valence-electron chi connectivity index (χ3n) is 6.35. The first-order chi connectivity index (χ1) is 22.5. The van der Waals surface area contributed by atoms with E-state index >= 15 is 0 Å². The smallest absolute Gasteiger partial charge is 0.381 e. The number of ether oxygens (including phenoxy) is 3. The molecule has 310 valence electrons. The Labute approximate surface area is 270 Å². The summed E-state index contributed by atoms with van der Waals surface area (Å²) < 4.78 is 386. The summed E-state index contributed by atoms with van der Waals surface area (Å²) in [6.45, 7) is -12.8. The summed E-state index contributed by atoms with van der Waals surface area (Å²) >= 11 is 4.76. The lowest BCUT2D eigenvalue weighted by molar-refractivity contribution is -0.403. The first kappa shape index (κ1) is 47.8. The van der Waals surface area contributed by atoms with Crippen molar-refractivity contribution in [1.29, 1.82) is 0 Å². The fourth-order valence-corrected chi connectivity index (χ4v) is 3.64. The Morgan fingerprint density at radius 1 is 0.462 bits per heavy atom. The summed E-state index contributed by atoms with van der Waals surface area (Å²) in [7, 11) is 0. The third kappa shape index (κ3) is 6.83. The first-order valence-corrected chi connectivity index (χ1v) is 12.2. The van der Waals surface area contributed by atoms with Crippen LogP contribution in [-0.4, -0.2) is 110 Å². The molecule has 0 atom stereocenters. The Hall–Kier alpha value is -2.21. The number of alkyl halides is 28. The Balaban J connectivity index is 4.02. The van der Waals surface area contributed by atoms with Crippen molar-refractivity contribution in [3.8, 4) is 0 Å².